The smallest absolute Gasteiger partial charge is 0.195 e. The summed E-state index contributed by atoms with van der Waals surface area (Å²) >= 11 is 0. The minimum absolute atomic E-state index is 0.0610. The summed E-state index contributed by atoms with van der Waals surface area (Å²) in [5.41, 5.74) is 4.51. The molecule has 4 aromatic rings. The van der Waals surface area contributed by atoms with Gasteiger partial charge in [-0.15, -0.1) is 0 Å². The van der Waals surface area contributed by atoms with Crippen LogP contribution >= 0.6 is 0 Å². The summed E-state index contributed by atoms with van der Waals surface area (Å²) < 4.78 is 22.0. The van der Waals surface area contributed by atoms with Crippen molar-refractivity contribution in [2.24, 2.45) is 0 Å². The first-order chi connectivity index (χ1) is 16.2. The zero-order chi connectivity index (χ0) is 22.6. The fourth-order valence-electron chi connectivity index (χ4n) is 3.89. The predicted octanol–water partition coefficient (Wildman–Crippen LogP) is 5.30. The number of fused-ring (bicyclic) bond motifs is 1. The molecule has 0 N–H and O–H groups in total. The van der Waals surface area contributed by atoms with Crippen molar-refractivity contribution >= 4 is 16.9 Å². The monoisotopic (exact) mass is 439 g/mol. The van der Waals surface area contributed by atoms with Gasteiger partial charge in [0.1, 0.15) is 30.5 Å². The zero-order valence-electron chi connectivity index (χ0n) is 18.0. The number of aromatic nitrogens is 1. The van der Waals surface area contributed by atoms with Gasteiger partial charge >= 0.3 is 0 Å². The van der Waals surface area contributed by atoms with Gasteiger partial charge in [0, 0.05) is 40.2 Å². The highest BCUT2D eigenvalue weighted by Crippen LogP contribution is 2.43. The first-order valence-electron chi connectivity index (χ1n) is 10.5. The quantitative estimate of drug-likeness (QED) is 0.347. The molecule has 0 amide bonds. The second kappa shape index (κ2) is 9.04. The Morgan fingerprint density at radius 2 is 1.58 bits per heavy atom. The van der Waals surface area contributed by atoms with E-state index in [-0.39, 0.29) is 5.78 Å². The van der Waals surface area contributed by atoms with Crippen molar-refractivity contribution in [1.29, 1.82) is 0 Å². The van der Waals surface area contributed by atoms with Gasteiger partial charge in [0.25, 0.3) is 0 Å². The SMILES string of the molecule is COc1ccc(OCCOc2ccc3c(c2)C(=O)C(c2cccnc2)=C3c2ccoc2)cc1. The number of carbonyl (C=O) groups is 1. The van der Waals surface area contributed by atoms with Crippen LogP contribution in [0.15, 0.2) is 90.0 Å². The molecule has 0 spiro atoms. The molecule has 1 aliphatic rings. The van der Waals surface area contributed by atoms with Crippen molar-refractivity contribution < 1.29 is 23.4 Å². The Kier molecular flexibility index (Phi) is 5.64. The number of hydrogen-bond acceptors (Lipinski definition) is 6. The van der Waals surface area contributed by atoms with Gasteiger partial charge in [-0.05, 0) is 60.2 Å². The first kappa shape index (κ1) is 20.6. The molecular weight excluding hydrogens is 418 g/mol. The van der Waals surface area contributed by atoms with Crippen molar-refractivity contribution in [2.45, 2.75) is 0 Å². The van der Waals surface area contributed by atoms with E-state index in [1.807, 2.05) is 54.6 Å². The summed E-state index contributed by atoms with van der Waals surface area (Å²) in [4.78, 5) is 17.6. The van der Waals surface area contributed by atoms with E-state index in [1.54, 1.807) is 38.1 Å². The standard InChI is InChI=1S/C27H21NO5/c1-30-20-4-6-21(7-5-20)32-13-14-33-22-8-9-23-24(15-22)27(29)26(18-3-2-11-28-16-18)25(23)19-10-12-31-17-19/h2-12,15-17H,13-14H2,1H3. The topological polar surface area (TPSA) is 70.8 Å². The average molecular weight is 439 g/mol. The number of furan rings is 1. The lowest BCUT2D eigenvalue weighted by atomic mass is 9.97. The Balaban J connectivity index is 1.33. The number of methoxy groups -OCH3 is 1. The molecule has 0 fully saturated rings. The van der Waals surface area contributed by atoms with Gasteiger partial charge in [-0.3, -0.25) is 9.78 Å². The number of benzene rings is 2. The minimum atomic E-state index is -0.0610. The van der Waals surface area contributed by atoms with E-state index in [9.17, 15) is 4.79 Å². The Hall–Kier alpha value is -4.32. The Bertz CT molecular complexity index is 1290. The van der Waals surface area contributed by atoms with E-state index in [4.69, 9.17) is 18.6 Å². The fourth-order valence-corrected chi connectivity index (χ4v) is 3.89. The number of rotatable bonds is 8. The van der Waals surface area contributed by atoms with Gasteiger partial charge < -0.3 is 18.6 Å². The molecule has 6 heteroatoms. The van der Waals surface area contributed by atoms with Crippen LogP contribution in [0, 0.1) is 0 Å². The van der Waals surface area contributed by atoms with E-state index in [0.717, 1.165) is 33.8 Å². The number of allylic oxidation sites excluding steroid dienone is 1. The molecule has 33 heavy (non-hydrogen) atoms. The lowest BCUT2D eigenvalue weighted by Crippen LogP contribution is -2.09. The third kappa shape index (κ3) is 4.11. The van der Waals surface area contributed by atoms with Crippen LogP contribution in [-0.2, 0) is 0 Å². The van der Waals surface area contributed by atoms with Gasteiger partial charge in [-0.2, -0.15) is 0 Å². The molecule has 0 saturated heterocycles. The largest absolute Gasteiger partial charge is 0.497 e. The molecule has 164 valence electrons. The molecule has 0 atom stereocenters. The summed E-state index contributed by atoms with van der Waals surface area (Å²) in [6, 6.07) is 18.5. The highest BCUT2D eigenvalue weighted by atomic mass is 16.5. The van der Waals surface area contributed by atoms with Crippen LogP contribution < -0.4 is 14.2 Å². The lowest BCUT2D eigenvalue weighted by Gasteiger charge is -2.10. The maximum Gasteiger partial charge on any atom is 0.195 e. The van der Waals surface area contributed by atoms with Crippen molar-refractivity contribution in [3.05, 3.63) is 108 Å². The molecule has 2 heterocycles. The van der Waals surface area contributed by atoms with Crippen LogP contribution in [0.1, 0.15) is 27.0 Å². The molecule has 6 nitrogen and oxygen atoms in total. The molecule has 0 saturated carbocycles. The zero-order valence-corrected chi connectivity index (χ0v) is 18.0. The first-order valence-corrected chi connectivity index (χ1v) is 10.5. The van der Waals surface area contributed by atoms with Crippen LogP contribution in [0.25, 0.3) is 11.1 Å². The van der Waals surface area contributed by atoms with E-state index in [1.165, 1.54) is 0 Å². The number of Topliss-reactive ketones (excluding diaryl/α,β-unsaturated/α-hetero) is 1. The fraction of sp³-hybridized carbons (Fsp3) is 0.111. The number of hydrogen-bond donors (Lipinski definition) is 0. The maximum absolute atomic E-state index is 13.4. The number of nitrogens with zero attached hydrogens (tertiary/aromatic N) is 1. The minimum Gasteiger partial charge on any atom is -0.497 e. The van der Waals surface area contributed by atoms with Crippen molar-refractivity contribution in [3.63, 3.8) is 0 Å². The Labute approximate surface area is 191 Å². The maximum atomic E-state index is 13.4. The average Bonchev–Trinajstić information content (AvgIpc) is 3.49. The van der Waals surface area contributed by atoms with Crippen LogP contribution in [0.5, 0.6) is 17.2 Å². The Morgan fingerprint density at radius 3 is 2.27 bits per heavy atom. The summed E-state index contributed by atoms with van der Waals surface area (Å²) in [6.45, 7) is 0.716. The van der Waals surface area contributed by atoms with Gasteiger partial charge in [0.2, 0.25) is 0 Å². The summed E-state index contributed by atoms with van der Waals surface area (Å²) in [5, 5.41) is 0. The van der Waals surface area contributed by atoms with Crippen LogP contribution in [-0.4, -0.2) is 31.1 Å². The highest BCUT2D eigenvalue weighted by Gasteiger charge is 2.32. The Morgan fingerprint density at radius 1 is 0.818 bits per heavy atom. The third-order valence-electron chi connectivity index (χ3n) is 5.42. The number of ketones is 1. The molecule has 5 rings (SSSR count). The van der Waals surface area contributed by atoms with Crippen LogP contribution in [0.3, 0.4) is 0 Å². The van der Waals surface area contributed by atoms with Gasteiger partial charge in [-0.1, -0.05) is 6.07 Å². The van der Waals surface area contributed by atoms with Crippen molar-refractivity contribution in [1.82, 2.24) is 4.98 Å². The summed E-state index contributed by atoms with van der Waals surface area (Å²) in [5.74, 6) is 2.06. The van der Waals surface area contributed by atoms with E-state index >= 15 is 0 Å². The van der Waals surface area contributed by atoms with Crippen molar-refractivity contribution in [2.75, 3.05) is 20.3 Å². The summed E-state index contributed by atoms with van der Waals surface area (Å²) in [7, 11) is 1.62. The van der Waals surface area contributed by atoms with E-state index in [2.05, 4.69) is 4.98 Å². The van der Waals surface area contributed by atoms with E-state index < -0.39 is 0 Å². The molecule has 0 radical (unpaired) electrons. The molecule has 0 unspecified atom stereocenters. The molecular formula is C27H21NO5. The van der Waals surface area contributed by atoms with Gasteiger partial charge in [0.05, 0.1) is 19.6 Å². The van der Waals surface area contributed by atoms with Crippen molar-refractivity contribution in [3.8, 4) is 17.2 Å². The molecule has 0 aliphatic heterocycles. The number of pyridine rings is 1. The molecule has 2 aromatic heterocycles. The highest BCUT2D eigenvalue weighted by molar-refractivity contribution is 6.41. The predicted molar refractivity (Wildman–Crippen MR) is 124 cm³/mol. The normalized spacial score (nSPS) is 12.6. The van der Waals surface area contributed by atoms with Crippen LogP contribution in [0.2, 0.25) is 0 Å². The molecule has 2 aromatic carbocycles. The van der Waals surface area contributed by atoms with E-state index in [0.29, 0.717) is 30.1 Å². The van der Waals surface area contributed by atoms with Gasteiger partial charge in [-0.25, -0.2) is 0 Å². The second-order valence-electron chi connectivity index (χ2n) is 7.41. The second-order valence-corrected chi connectivity index (χ2v) is 7.41. The lowest BCUT2D eigenvalue weighted by molar-refractivity contribution is 0.105. The molecule has 1 aliphatic carbocycles. The number of carbonyl (C=O) groups excluding carboxylic acids is 1. The van der Waals surface area contributed by atoms with Gasteiger partial charge in [0.15, 0.2) is 5.78 Å². The number of ether oxygens (including phenoxy) is 3. The molecule has 0 bridgehead atoms. The summed E-state index contributed by atoms with van der Waals surface area (Å²) in [6.07, 6.45) is 6.64. The third-order valence-corrected chi connectivity index (χ3v) is 5.42. The van der Waals surface area contributed by atoms with Crippen LogP contribution in [0.4, 0.5) is 0 Å².